The highest BCUT2D eigenvalue weighted by Gasteiger charge is 2.09. The molecule has 0 bridgehead atoms. The second-order valence-electron chi connectivity index (χ2n) is 5.51. The van der Waals surface area contributed by atoms with Crippen LogP contribution in [-0.4, -0.2) is 13.2 Å². The lowest BCUT2D eigenvalue weighted by atomic mass is 9.98. The molecule has 0 saturated carbocycles. The Morgan fingerprint density at radius 1 is 1.05 bits per heavy atom. The van der Waals surface area contributed by atoms with Gasteiger partial charge in [0.1, 0.15) is 0 Å². The van der Waals surface area contributed by atoms with E-state index in [1.807, 2.05) is 24.3 Å². The number of methoxy groups -OCH3 is 1. The van der Waals surface area contributed by atoms with Gasteiger partial charge in [0.15, 0.2) is 0 Å². The first-order valence-electron chi connectivity index (χ1n) is 7.33. The van der Waals surface area contributed by atoms with Crippen LogP contribution in [0.25, 0.3) is 0 Å². The Morgan fingerprint density at radius 2 is 1.68 bits per heavy atom. The molecule has 116 valence electrons. The van der Waals surface area contributed by atoms with E-state index in [-0.39, 0.29) is 0 Å². The van der Waals surface area contributed by atoms with Crippen molar-refractivity contribution in [3.05, 3.63) is 53.6 Å². The molecule has 0 spiro atoms. The molecule has 0 aliphatic heterocycles. The Kier molecular flexibility index (Phi) is 5.04. The van der Waals surface area contributed by atoms with E-state index < -0.39 is 6.09 Å². The summed E-state index contributed by atoms with van der Waals surface area (Å²) in [5.41, 5.74) is 5.32. The standard InChI is InChI=1S/C18H22N2O2/c1-12(2)16-7-5-6-13(3)17(16)19-14-8-10-15(11-9-14)20-18(21)22-4/h5-12,19H,1-4H3,(H,20,21). The van der Waals surface area contributed by atoms with Gasteiger partial charge in [-0.15, -0.1) is 0 Å². The van der Waals surface area contributed by atoms with Crippen LogP contribution in [0.15, 0.2) is 42.5 Å². The number of hydrogen-bond acceptors (Lipinski definition) is 3. The predicted octanol–water partition coefficient (Wildman–Crippen LogP) is 5.04. The number of amides is 1. The minimum Gasteiger partial charge on any atom is -0.453 e. The molecule has 0 fully saturated rings. The van der Waals surface area contributed by atoms with E-state index >= 15 is 0 Å². The van der Waals surface area contributed by atoms with E-state index in [0.717, 1.165) is 11.4 Å². The molecule has 1 amide bonds. The van der Waals surface area contributed by atoms with E-state index in [9.17, 15) is 4.79 Å². The first-order valence-corrected chi connectivity index (χ1v) is 7.33. The fourth-order valence-electron chi connectivity index (χ4n) is 2.29. The molecule has 0 atom stereocenters. The number of aryl methyl sites for hydroxylation is 1. The van der Waals surface area contributed by atoms with Gasteiger partial charge < -0.3 is 10.1 Å². The Balaban J connectivity index is 2.20. The summed E-state index contributed by atoms with van der Waals surface area (Å²) in [6.07, 6.45) is -0.471. The van der Waals surface area contributed by atoms with Crippen LogP contribution in [0.2, 0.25) is 0 Å². The summed E-state index contributed by atoms with van der Waals surface area (Å²) in [5, 5.41) is 6.11. The van der Waals surface area contributed by atoms with Crippen LogP contribution >= 0.6 is 0 Å². The summed E-state index contributed by atoms with van der Waals surface area (Å²) in [5.74, 6) is 0.447. The maximum absolute atomic E-state index is 11.2. The van der Waals surface area contributed by atoms with Crippen LogP contribution in [0.4, 0.5) is 21.9 Å². The number of ether oxygens (including phenoxy) is 1. The summed E-state index contributed by atoms with van der Waals surface area (Å²) in [6.45, 7) is 6.47. The van der Waals surface area contributed by atoms with Gasteiger partial charge in [0.2, 0.25) is 0 Å². The highest BCUT2D eigenvalue weighted by atomic mass is 16.5. The summed E-state index contributed by atoms with van der Waals surface area (Å²) in [7, 11) is 1.34. The number of hydrogen-bond donors (Lipinski definition) is 2. The van der Waals surface area contributed by atoms with Gasteiger partial charge in [-0.3, -0.25) is 5.32 Å². The Hall–Kier alpha value is -2.49. The maximum Gasteiger partial charge on any atom is 0.411 e. The molecule has 0 heterocycles. The lowest BCUT2D eigenvalue weighted by Gasteiger charge is -2.17. The topological polar surface area (TPSA) is 50.4 Å². The third kappa shape index (κ3) is 3.79. The Morgan fingerprint density at radius 3 is 2.27 bits per heavy atom. The average molecular weight is 298 g/mol. The SMILES string of the molecule is COC(=O)Nc1ccc(Nc2c(C)cccc2C(C)C)cc1. The number of nitrogens with one attached hydrogen (secondary N) is 2. The van der Waals surface area contributed by atoms with Crippen LogP contribution in [0, 0.1) is 6.92 Å². The second-order valence-corrected chi connectivity index (χ2v) is 5.51. The molecule has 22 heavy (non-hydrogen) atoms. The number of anilines is 3. The van der Waals surface area contributed by atoms with Gasteiger partial charge in [-0.2, -0.15) is 0 Å². The van der Waals surface area contributed by atoms with Crippen molar-refractivity contribution in [1.82, 2.24) is 0 Å². The lowest BCUT2D eigenvalue weighted by molar-refractivity contribution is 0.187. The number of rotatable bonds is 4. The van der Waals surface area contributed by atoms with E-state index in [4.69, 9.17) is 0 Å². The van der Waals surface area contributed by atoms with Gasteiger partial charge in [0.25, 0.3) is 0 Å². The Labute approximate surface area is 131 Å². The largest absolute Gasteiger partial charge is 0.453 e. The molecule has 0 aliphatic rings. The molecule has 0 unspecified atom stereocenters. The van der Waals surface area contributed by atoms with Gasteiger partial charge in [0.05, 0.1) is 7.11 Å². The molecule has 2 aromatic carbocycles. The van der Waals surface area contributed by atoms with Gasteiger partial charge in [-0.1, -0.05) is 32.0 Å². The fourth-order valence-corrected chi connectivity index (χ4v) is 2.29. The van der Waals surface area contributed by atoms with Crippen molar-refractivity contribution in [2.24, 2.45) is 0 Å². The number of carbonyl (C=O) groups is 1. The third-order valence-corrected chi connectivity index (χ3v) is 3.51. The number of carbonyl (C=O) groups excluding carboxylic acids is 1. The van der Waals surface area contributed by atoms with Crippen molar-refractivity contribution >= 4 is 23.2 Å². The molecule has 4 heteroatoms. The van der Waals surface area contributed by atoms with Crippen molar-refractivity contribution < 1.29 is 9.53 Å². The van der Waals surface area contributed by atoms with Crippen molar-refractivity contribution in [1.29, 1.82) is 0 Å². The van der Waals surface area contributed by atoms with Crippen LogP contribution in [0.5, 0.6) is 0 Å². The number of para-hydroxylation sites is 1. The fraction of sp³-hybridized carbons (Fsp3) is 0.278. The second kappa shape index (κ2) is 6.98. The van der Waals surface area contributed by atoms with Gasteiger partial charge in [0, 0.05) is 17.1 Å². The van der Waals surface area contributed by atoms with Crippen LogP contribution in [0.3, 0.4) is 0 Å². The first-order chi connectivity index (χ1) is 10.5. The molecular weight excluding hydrogens is 276 g/mol. The zero-order valence-electron chi connectivity index (χ0n) is 13.4. The van der Waals surface area contributed by atoms with Crippen LogP contribution in [-0.2, 0) is 4.74 Å². The third-order valence-electron chi connectivity index (χ3n) is 3.51. The average Bonchev–Trinajstić information content (AvgIpc) is 2.50. The van der Waals surface area contributed by atoms with Crippen LogP contribution < -0.4 is 10.6 Å². The molecule has 0 aromatic heterocycles. The van der Waals surface area contributed by atoms with E-state index in [0.29, 0.717) is 11.6 Å². The van der Waals surface area contributed by atoms with Crippen molar-refractivity contribution in [2.45, 2.75) is 26.7 Å². The van der Waals surface area contributed by atoms with Gasteiger partial charge in [-0.25, -0.2) is 4.79 Å². The number of benzene rings is 2. The Bertz CT molecular complexity index is 649. The summed E-state index contributed by atoms with van der Waals surface area (Å²) in [4.78, 5) is 11.2. The summed E-state index contributed by atoms with van der Waals surface area (Å²) < 4.78 is 4.57. The quantitative estimate of drug-likeness (QED) is 0.831. The zero-order valence-corrected chi connectivity index (χ0v) is 13.4. The van der Waals surface area contributed by atoms with Crippen LogP contribution in [0.1, 0.15) is 30.9 Å². The van der Waals surface area contributed by atoms with Crippen molar-refractivity contribution in [3.63, 3.8) is 0 Å². The molecule has 0 radical (unpaired) electrons. The molecule has 0 saturated heterocycles. The zero-order chi connectivity index (χ0) is 16.1. The summed E-state index contributed by atoms with van der Waals surface area (Å²) in [6, 6.07) is 13.9. The predicted molar refractivity (Wildman–Crippen MR) is 91.0 cm³/mol. The molecule has 4 nitrogen and oxygen atoms in total. The molecule has 2 rings (SSSR count). The highest BCUT2D eigenvalue weighted by molar-refractivity contribution is 5.84. The van der Waals surface area contributed by atoms with Crippen molar-refractivity contribution in [3.8, 4) is 0 Å². The minimum atomic E-state index is -0.471. The molecule has 0 aliphatic carbocycles. The normalized spacial score (nSPS) is 10.4. The lowest BCUT2D eigenvalue weighted by Crippen LogP contribution is -2.10. The minimum absolute atomic E-state index is 0.447. The van der Waals surface area contributed by atoms with Gasteiger partial charge >= 0.3 is 6.09 Å². The van der Waals surface area contributed by atoms with E-state index in [1.165, 1.54) is 18.2 Å². The monoisotopic (exact) mass is 298 g/mol. The molecule has 2 aromatic rings. The molecular formula is C18H22N2O2. The van der Waals surface area contributed by atoms with E-state index in [2.05, 4.69) is 54.3 Å². The van der Waals surface area contributed by atoms with E-state index in [1.54, 1.807) is 0 Å². The highest BCUT2D eigenvalue weighted by Crippen LogP contribution is 2.30. The first kappa shape index (κ1) is 15.9. The van der Waals surface area contributed by atoms with Gasteiger partial charge in [-0.05, 0) is 48.2 Å². The summed E-state index contributed by atoms with van der Waals surface area (Å²) >= 11 is 0. The molecule has 2 N–H and O–H groups in total. The van der Waals surface area contributed by atoms with Crippen molar-refractivity contribution in [2.75, 3.05) is 17.7 Å². The smallest absolute Gasteiger partial charge is 0.411 e. The maximum atomic E-state index is 11.2.